The van der Waals surface area contributed by atoms with Crippen LogP contribution in [0.3, 0.4) is 0 Å². The molecule has 2 aromatic rings. The molecule has 0 spiro atoms. The smallest absolute Gasteiger partial charge is 0.406 e. The van der Waals surface area contributed by atoms with Crippen molar-refractivity contribution in [3.05, 3.63) is 35.6 Å². The van der Waals surface area contributed by atoms with Gasteiger partial charge in [-0.15, -0.1) is 0 Å². The molecule has 0 atom stereocenters. The van der Waals surface area contributed by atoms with Crippen LogP contribution in [0.25, 0.3) is 0 Å². The van der Waals surface area contributed by atoms with Gasteiger partial charge in [-0.3, -0.25) is 4.79 Å². The lowest BCUT2D eigenvalue weighted by Crippen LogP contribution is -2.44. The molecule has 0 radical (unpaired) electrons. The van der Waals surface area contributed by atoms with Gasteiger partial charge in [0.1, 0.15) is 22.9 Å². The summed E-state index contributed by atoms with van der Waals surface area (Å²) in [6, 6.07) is 2.89. The summed E-state index contributed by atoms with van der Waals surface area (Å²) in [6.45, 7) is 0.0286. The van der Waals surface area contributed by atoms with Crippen LogP contribution in [0.5, 0.6) is 0 Å². The fourth-order valence-corrected chi connectivity index (χ4v) is 3.82. The Bertz CT molecular complexity index is 871. The number of alkyl halides is 3. The molecular formula is C15H18F3N3O5S. The van der Waals surface area contributed by atoms with Gasteiger partial charge in [-0.1, -0.05) is 5.16 Å². The number of aryl methyl sites for hydroxylation is 2. The molecule has 0 saturated heterocycles. The molecule has 1 amide bonds. The Labute approximate surface area is 153 Å². The van der Waals surface area contributed by atoms with Gasteiger partial charge in [-0.05, 0) is 26.0 Å². The van der Waals surface area contributed by atoms with E-state index in [9.17, 15) is 26.4 Å². The molecule has 0 aliphatic heterocycles. The summed E-state index contributed by atoms with van der Waals surface area (Å²) in [4.78, 5) is 12.7. The van der Waals surface area contributed by atoms with Crippen LogP contribution in [0.2, 0.25) is 0 Å². The maximum absolute atomic E-state index is 12.8. The third kappa shape index (κ3) is 5.10. The van der Waals surface area contributed by atoms with E-state index in [1.54, 1.807) is 0 Å². The van der Waals surface area contributed by atoms with Gasteiger partial charge in [0.15, 0.2) is 5.76 Å². The highest BCUT2D eigenvalue weighted by Crippen LogP contribution is 2.23. The van der Waals surface area contributed by atoms with E-state index in [0.717, 1.165) is 7.05 Å². The molecule has 0 aliphatic carbocycles. The SMILES string of the molecule is Cc1noc(C)c1S(=O)(=O)N(C)CC(=O)N(Cc1ccco1)CC(F)(F)F. The highest BCUT2D eigenvalue weighted by atomic mass is 32.2. The zero-order valence-corrected chi connectivity index (χ0v) is 15.6. The maximum Gasteiger partial charge on any atom is 0.406 e. The zero-order chi connectivity index (χ0) is 20.4. The largest absolute Gasteiger partial charge is 0.467 e. The summed E-state index contributed by atoms with van der Waals surface area (Å²) in [5, 5.41) is 3.54. The number of amides is 1. The standard InChI is InChI=1S/C15H18F3N3O5S/c1-10-14(11(2)26-19-10)27(23,24)20(3)8-13(22)21(9-15(16,17)18)7-12-5-4-6-25-12/h4-6H,7-9H2,1-3H3. The van der Waals surface area contributed by atoms with Crippen LogP contribution >= 0.6 is 0 Å². The predicted octanol–water partition coefficient (Wildman–Crippen LogP) is 2.10. The molecule has 0 fully saturated rings. The number of furan rings is 1. The first-order valence-electron chi connectivity index (χ1n) is 7.68. The van der Waals surface area contributed by atoms with E-state index in [4.69, 9.17) is 8.94 Å². The highest BCUT2D eigenvalue weighted by Gasteiger charge is 2.36. The minimum atomic E-state index is -4.65. The molecule has 150 valence electrons. The summed E-state index contributed by atoms with van der Waals surface area (Å²) in [6.07, 6.45) is -3.39. The fraction of sp³-hybridized carbons (Fsp3) is 0.467. The topological polar surface area (TPSA) is 96.9 Å². The molecule has 2 aromatic heterocycles. The second-order valence-electron chi connectivity index (χ2n) is 5.86. The van der Waals surface area contributed by atoms with Crippen LogP contribution in [0, 0.1) is 13.8 Å². The summed E-state index contributed by atoms with van der Waals surface area (Å²) >= 11 is 0. The van der Waals surface area contributed by atoms with E-state index in [0.29, 0.717) is 9.21 Å². The Morgan fingerprint density at radius 3 is 2.44 bits per heavy atom. The lowest BCUT2D eigenvalue weighted by molar-refractivity contribution is -0.162. The van der Waals surface area contributed by atoms with Crippen molar-refractivity contribution in [3.8, 4) is 0 Å². The van der Waals surface area contributed by atoms with E-state index in [-0.39, 0.29) is 22.1 Å². The van der Waals surface area contributed by atoms with Gasteiger partial charge in [-0.2, -0.15) is 17.5 Å². The first kappa shape index (κ1) is 21.0. The van der Waals surface area contributed by atoms with E-state index >= 15 is 0 Å². The number of sulfonamides is 1. The van der Waals surface area contributed by atoms with Gasteiger partial charge in [-0.25, -0.2) is 8.42 Å². The minimum absolute atomic E-state index is 0.0227. The van der Waals surface area contributed by atoms with Gasteiger partial charge >= 0.3 is 6.18 Å². The van der Waals surface area contributed by atoms with Crippen LogP contribution in [-0.2, 0) is 21.4 Å². The number of rotatable bonds is 7. The molecular weight excluding hydrogens is 391 g/mol. The number of hydrogen-bond acceptors (Lipinski definition) is 6. The second-order valence-corrected chi connectivity index (χ2v) is 7.84. The van der Waals surface area contributed by atoms with Crippen LogP contribution < -0.4 is 0 Å². The van der Waals surface area contributed by atoms with Gasteiger partial charge in [0.2, 0.25) is 15.9 Å². The number of nitrogens with zero attached hydrogens (tertiary/aromatic N) is 3. The number of likely N-dealkylation sites (N-methyl/N-ethyl adjacent to an activating group) is 1. The van der Waals surface area contributed by atoms with Gasteiger partial charge in [0.05, 0.1) is 19.4 Å². The fourth-order valence-electron chi connectivity index (χ4n) is 2.41. The quantitative estimate of drug-likeness (QED) is 0.695. The number of halogens is 3. The van der Waals surface area contributed by atoms with Crippen molar-refractivity contribution in [2.75, 3.05) is 20.1 Å². The third-order valence-corrected chi connectivity index (χ3v) is 5.69. The molecule has 2 rings (SSSR count). The average Bonchev–Trinajstić information content (AvgIpc) is 3.15. The predicted molar refractivity (Wildman–Crippen MR) is 86.0 cm³/mol. The van der Waals surface area contributed by atoms with Crippen molar-refractivity contribution in [1.29, 1.82) is 0 Å². The molecule has 0 aromatic carbocycles. The molecule has 0 saturated carbocycles. The first-order chi connectivity index (χ1) is 12.4. The number of hydrogen-bond donors (Lipinski definition) is 0. The van der Waals surface area contributed by atoms with Crippen LogP contribution in [0.15, 0.2) is 32.2 Å². The average molecular weight is 409 g/mol. The van der Waals surface area contributed by atoms with E-state index in [1.165, 1.54) is 32.2 Å². The van der Waals surface area contributed by atoms with Gasteiger partial charge < -0.3 is 13.8 Å². The number of aromatic nitrogens is 1. The summed E-state index contributed by atoms with van der Waals surface area (Å²) in [7, 11) is -3.07. The minimum Gasteiger partial charge on any atom is -0.467 e. The Morgan fingerprint density at radius 1 is 1.30 bits per heavy atom. The molecule has 0 aliphatic rings. The Kier molecular flexibility index (Phi) is 6.00. The van der Waals surface area contributed by atoms with Crippen molar-refractivity contribution in [2.45, 2.75) is 31.5 Å². The van der Waals surface area contributed by atoms with Gasteiger partial charge in [0.25, 0.3) is 0 Å². The lowest BCUT2D eigenvalue weighted by Gasteiger charge is -2.25. The van der Waals surface area contributed by atoms with Crippen molar-refractivity contribution in [3.63, 3.8) is 0 Å². The second kappa shape index (κ2) is 7.72. The van der Waals surface area contributed by atoms with Crippen LogP contribution in [0.4, 0.5) is 13.2 Å². The Balaban J connectivity index is 2.20. The van der Waals surface area contributed by atoms with Crippen molar-refractivity contribution < 1.29 is 35.3 Å². The number of carbonyl (C=O) groups is 1. The van der Waals surface area contributed by atoms with Crippen molar-refractivity contribution in [1.82, 2.24) is 14.4 Å². The third-order valence-electron chi connectivity index (χ3n) is 3.64. The van der Waals surface area contributed by atoms with Crippen LogP contribution in [-0.4, -0.2) is 55.0 Å². The summed E-state index contributed by atoms with van der Waals surface area (Å²) in [5.74, 6) is -0.861. The molecule has 8 nitrogen and oxygen atoms in total. The first-order valence-corrected chi connectivity index (χ1v) is 9.12. The summed E-state index contributed by atoms with van der Waals surface area (Å²) in [5.41, 5.74) is 0.0922. The van der Waals surface area contributed by atoms with E-state index in [1.807, 2.05) is 0 Å². The molecule has 2 heterocycles. The molecule has 0 unspecified atom stereocenters. The monoisotopic (exact) mass is 409 g/mol. The van der Waals surface area contributed by atoms with Gasteiger partial charge in [0, 0.05) is 7.05 Å². The molecule has 27 heavy (non-hydrogen) atoms. The molecule has 0 N–H and O–H groups in total. The molecule has 12 heteroatoms. The van der Waals surface area contributed by atoms with E-state index < -0.39 is 41.7 Å². The number of carbonyl (C=O) groups excluding carboxylic acids is 1. The lowest BCUT2D eigenvalue weighted by atomic mass is 10.3. The molecule has 0 bridgehead atoms. The van der Waals surface area contributed by atoms with Crippen molar-refractivity contribution in [2.24, 2.45) is 0 Å². The van der Waals surface area contributed by atoms with Crippen molar-refractivity contribution >= 4 is 15.9 Å². The maximum atomic E-state index is 12.8. The normalized spacial score (nSPS) is 12.6. The highest BCUT2D eigenvalue weighted by molar-refractivity contribution is 7.89. The zero-order valence-electron chi connectivity index (χ0n) is 14.8. The summed E-state index contributed by atoms with van der Waals surface area (Å²) < 4.78 is 74.1. The Morgan fingerprint density at radius 2 is 1.96 bits per heavy atom. The Hall–Kier alpha value is -2.34. The van der Waals surface area contributed by atoms with Crippen LogP contribution in [0.1, 0.15) is 17.2 Å². The van der Waals surface area contributed by atoms with E-state index in [2.05, 4.69) is 5.16 Å².